The second kappa shape index (κ2) is 4.64. The maximum absolute atomic E-state index is 11.7. The monoisotopic (exact) mass is 261 g/mol. The van der Waals surface area contributed by atoms with Crippen LogP contribution in [0.1, 0.15) is 35.8 Å². The van der Waals surface area contributed by atoms with Gasteiger partial charge in [0.05, 0.1) is 5.69 Å². The summed E-state index contributed by atoms with van der Waals surface area (Å²) in [5.41, 5.74) is 6.27. The Balaban J connectivity index is 2.59. The summed E-state index contributed by atoms with van der Waals surface area (Å²) in [6, 6.07) is 7.13. The fraction of sp³-hybridized carbons (Fsp3) is 0.231. The fourth-order valence-corrected chi connectivity index (χ4v) is 1.92. The highest BCUT2D eigenvalue weighted by atomic mass is 16.4. The number of nitrogens with two attached hydrogens (primary N) is 1. The number of nitrogens with zero attached hydrogens (tertiary/aromatic N) is 1. The Kier molecular flexibility index (Phi) is 3.16. The van der Waals surface area contributed by atoms with Crippen molar-refractivity contribution in [1.29, 1.82) is 0 Å². The number of carboxylic acids is 1. The van der Waals surface area contributed by atoms with Gasteiger partial charge in [-0.1, -0.05) is 26.0 Å². The Morgan fingerprint density at radius 3 is 2.37 bits per heavy atom. The van der Waals surface area contributed by atoms with Gasteiger partial charge in [-0.05, 0) is 23.6 Å². The van der Waals surface area contributed by atoms with Crippen molar-refractivity contribution in [2.24, 2.45) is 0 Å². The zero-order valence-electron chi connectivity index (χ0n) is 10.7. The second-order valence-electron chi connectivity index (χ2n) is 4.58. The first-order valence-corrected chi connectivity index (χ1v) is 5.86. The summed E-state index contributed by atoms with van der Waals surface area (Å²) in [6.07, 6.45) is 0. The van der Waals surface area contributed by atoms with Crippen LogP contribution in [0.2, 0.25) is 0 Å². The number of aromatic carboxylic acids is 1. The predicted molar refractivity (Wildman–Crippen MR) is 71.9 cm³/mol. The third-order valence-corrected chi connectivity index (χ3v) is 2.94. The number of rotatable bonds is 3. The molecule has 19 heavy (non-hydrogen) atoms. The van der Waals surface area contributed by atoms with Crippen molar-refractivity contribution in [1.82, 2.24) is 9.55 Å². The molecule has 6 heteroatoms. The molecular weight excluding hydrogens is 246 g/mol. The fourth-order valence-electron chi connectivity index (χ4n) is 1.92. The van der Waals surface area contributed by atoms with Crippen molar-refractivity contribution in [3.8, 4) is 5.69 Å². The number of carbonyl (C=O) groups is 1. The highest BCUT2D eigenvalue weighted by Crippen LogP contribution is 2.18. The number of imidazole rings is 1. The van der Waals surface area contributed by atoms with Crippen LogP contribution < -0.4 is 11.4 Å². The third-order valence-electron chi connectivity index (χ3n) is 2.94. The van der Waals surface area contributed by atoms with Gasteiger partial charge in [-0.25, -0.2) is 9.59 Å². The molecule has 0 fully saturated rings. The van der Waals surface area contributed by atoms with Gasteiger partial charge in [0.25, 0.3) is 0 Å². The maximum Gasteiger partial charge on any atom is 0.356 e. The number of benzene rings is 1. The van der Waals surface area contributed by atoms with Gasteiger partial charge in [0.15, 0.2) is 5.69 Å². The minimum absolute atomic E-state index is 0.148. The van der Waals surface area contributed by atoms with Crippen LogP contribution in [0.4, 0.5) is 5.82 Å². The van der Waals surface area contributed by atoms with Crippen LogP contribution in [0.25, 0.3) is 5.69 Å². The first kappa shape index (κ1) is 12.9. The lowest BCUT2D eigenvalue weighted by atomic mass is 10.0. The van der Waals surface area contributed by atoms with Crippen molar-refractivity contribution < 1.29 is 9.90 Å². The Morgan fingerprint density at radius 1 is 1.32 bits per heavy atom. The van der Waals surface area contributed by atoms with E-state index in [0.717, 1.165) is 10.1 Å². The normalized spacial score (nSPS) is 10.9. The number of hydrogen-bond acceptors (Lipinski definition) is 3. The number of nitrogen functional groups attached to an aromatic ring is 1. The summed E-state index contributed by atoms with van der Waals surface area (Å²) in [7, 11) is 0. The molecule has 0 atom stereocenters. The van der Waals surface area contributed by atoms with Gasteiger partial charge in [-0.3, -0.25) is 9.55 Å². The molecule has 0 amide bonds. The average Bonchev–Trinajstić information content (AvgIpc) is 2.64. The first-order valence-electron chi connectivity index (χ1n) is 5.86. The van der Waals surface area contributed by atoms with Gasteiger partial charge < -0.3 is 10.8 Å². The SMILES string of the molecule is CC(C)c1ccc(-n2c(C(=O)O)c(N)[nH]c2=O)cc1. The Bertz CT molecular complexity index is 665. The molecule has 0 saturated heterocycles. The molecule has 0 aliphatic rings. The van der Waals surface area contributed by atoms with E-state index in [1.54, 1.807) is 12.1 Å². The van der Waals surface area contributed by atoms with E-state index in [1.165, 1.54) is 0 Å². The summed E-state index contributed by atoms with van der Waals surface area (Å²) in [5, 5.41) is 9.10. The topological polar surface area (TPSA) is 101 Å². The molecule has 100 valence electrons. The number of anilines is 1. The van der Waals surface area contributed by atoms with E-state index in [2.05, 4.69) is 18.8 Å². The molecule has 2 aromatic rings. The van der Waals surface area contributed by atoms with Crippen LogP contribution >= 0.6 is 0 Å². The second-order valence-corrected chi connectivity index (χ2v) is 4.58. The number of aromatic nitrogens is 2. The molecule has 4 N–H and O–H groups in total. The molecular formula is C13H15N3O3. The first-order chi connectivity index (χ1) is 8.91. The van der Waals surface area contributed by atoms with E-state index in [9.17, 15) is 9.59 Å². The average molecular weight is 261 g/mol. The predicted octanol–water partition coefficient (Wildman–Crippen LogP) is 1.57. The number of hydrogen-bond donors (Lipinski definition) is 3. The molecule has 0 bridgehead atoms. The van der Waals surface area contributed by atoms with Gasteiger partial charge >= 0.3 is 11.7 Å². The summed E-state index contributed by atoms with van der Waals surface area (Å²) in [6.45, 7) is 4.11. The molecule has 0 saturated carbocycles. The summed E-state index contributed by atoms with van der Waals surface area (Å²) in [5.74, 6) is -1.03. The van der Waals surface area contributed by atoms with Crippen molar-refractivity contribution in [3.63, 3.8) is 0 Å². The third kappa shape index (κ3) is 2.24. The molecule has 0 aliphatic heterocycles. The van der Waals surface area contributed by atoms with Crippen LogP contribution in [0.15, 0.2) is 29.1 Å². The molecule has 1 aromatic heterocycles. The van der Waals surface area contributed by atoms with E-state index >= 15 is 0 Å². The maximum atomic E-state index is 11.7. The van der Waals surface area contributed by atoms with Crippen molar-refractivity contribution in [2.75, 3.05) is 5.73 Å². The lowest BCUT2D eigenvalue weighted by Crippen LogP contribution is -2.19. The van der Waals surface area contributed by atoms with Gasteiger partial charge in [-0.2, -0.15) is 0 Å². The molecule has 2 rings (SSSR count). The van der Waals surface area contributed by atoms with Gasteiger partial charge in [0, 0.05) is 0 Å². The lowest BCUT2D eigenvalue weighted by molar-refractivity contribution is 0.0689. The van der Waals surface area contributed by atoms with E-state index in [1.807, 2.05) is 12.1 Å². The molecule has 0 spiro atoms. The van der Waals surface area contributed by atoms with E-state index < -0.39 is 11.7 Å². The number of nitrogens with one attached hydrogen (secondary N) is 1. The van der Waals surface area contributed by atoms with Crippen LogP contribution in [0.5, 0.6) is 0 Å². The van der Waals surface area contributed by atoms with E-state index in [0.29, 0.717) is 11.6 Å². The number of carboxylic acid groups (broad SMARTS) is 1. The number of aromatic amines is 1. The van der Waals surface area contributed by atoms with Crippen LogP contribution in [0.3, 0.4) is 0 Å². The van der Waals surface area contributed by atoms with Crippen molar-refractivity contribution in [3.05, 3.63) is 46.0 Å². The molecule has 0 unspecified atom stereocenters. The van der Waals surface area contributed by atoms with Gasteiger partial charge in [0.1, 0.15) is 5.82 Å². The zero-order valence-corrected chi connectivity index (χ0v) is 10.7. The molecule has 6 nitrogen and oxygen atoms in total. The minimum atomic E-state index is -1.25. The van der Waals surface area contributed by atoms with E-state index in [4.69, 9.17) is 10.8 Å². The van der Waals surface area contributed by atoms with Gasteiger partial charge in [0.2, 0.25) is 0 Å². The standard InChI is InChI=1S/C13H15N3O3/c1-7(2)8-3-5-9(6-4-8)16-10(12(17)18)11(14)15-13(16)19/h3-7H,14H2,1-2H3,(H,15,19)(H,17,18). The zero-order chi connectivity index (χ0) is 14.2. The minimum Gasteiger partial charge on any atom is -0.476 e. The van der Waals surface area contributed by atoms with Crippen molar-refractivity contribution >= 4 is 11.8 Å². The quantitative estimate of drug-likeness (QED) is 0.780. The summed E-state index contributed by atoms with van der Waals surface area (Å²) in [4.78, 5) is 25.2. The summed E-state index contributed by atoms with van der Waals surface area (Å²) >= 11 is 0. The van der Waals surface area contributed by atoms with Crippen LogP contribution in [0, 0.1) is 0 Å². The van der Waals surface area contributed by atoms with Crippen LogP contribution in [-0.4, -0.2) is 20.6 Å². The van der Waals surface area contributed by atoms with Crippen LogP contribution in [-0.2, 0) is 0 Å². The smallest absolute Gasteiger partial charge is 0.356 e. The molecule has 1 aromatic carbocycles. The Labute approximate surface area is 109 Å². The van der Waals surface area contributed by atoms with Gasteiger partial charge in [-0.15, -0.1) is 0 Å². The highest BCUT2D eigenvalue weighted by Gasteiger charge is 2.19. The molecule has 1 heterocycles. The number of H-pyrrole nitrogens is 1. The van der Waals surface area contributed by atoms with E-state index in [-0.39, 0.29) is 11.5 Å². The highest BCUT2D eigenvalue weighted by molar-refractivity contribution is 5.91. The Morgan fingerprint density at radius 2 is 1.89 bits per heavy atom. The van der Waals surface area contributed by atoms with Crippen molar-refractivity contribution in [2.45, 2.75) is 19.8 Å². The summed E-state index contributed by atoms with van der Waals surface area (Å²) < 4.78 is 1.06. The molecule has 0 aliphatic carbocycles. The lowest BCUT2D eigenvalue weighted by Gasteiger charge is -2.08. The Hall–Kier alpha value is -2.50. The largest absolute Gasteiger partial charge is 0.476 e. The molecule has 0 radical (unpaired) electrons.